The second-order valence-corrected chi connectivity index (χ2v) is 4.73. The maximum Gasteiger partial charge on any atom is 0.291 e. The van der Waals surface area contributed by atoms with Gasteiger partial charge in [0.15, 0.2) is 0 Å². The van der Waals surface area contributed by atoms with E-state index in [0.29, 0.717) is 5.69 Å². The van der Waals surface area contributed by atoms with Gasteiger partial charge >= 0.3 is 0 Å². The quantitative estimate of drug-likeness (QED) is 0.664. The van der Waals surface area contributed by atoms with Crippen molar-refractivity contribution in [3.8, 4) is 10.4 Å². The maximum absolute atomic E-state index is 11.8. The molecular formula is C12H12N2O2S. The molecule has 2 heterocycles. The molecule has 2 N–H and O–H groups in total. The van der Waals surface area contributed by atoms with Crippen molar-refractivity contribution >= 4 is 23.0 Å². The molecule has 0 bridgehead atoms. The molecule has 2 aromatic rings. The van der Waals surface area contributed by atoms with Crippen LogP contribution in [0.4, 0.5) is 0 Å². The van der Waals surface area contributed by atoms with Gasteiger partial charge in [-0.25, -0.2) is 0 Å². The summed E-state index contributed by atoms with van der Waals surface area (Å²) >= 11 is 1.52. The van der Waals surface area contributed by atoms with Gasteiger partial charge in [-0.3, -0.25) is 9.59 Å². The van der Waals surface area contributed by atoms with Crippen LogP contribution in [-0.4, -0.2) is 16.3 Å². The molecule has 2 aromatic heterocycles. The number of thiophene rings is 1. The number of carbonyl (C=O) groups excluding carboxylic acids is 2. The van der Waals surface area contributed by atoms with Crippen molar-refractivity contribution in [2.75, 3.05) is 0 Å². The molecule has 0 unspecified atom stereocenters. The van der Waals surface area contributed by atoms with Crippen LogP contribution in [0, 0.1) is 6.92 Å². The number of nitrogens with two attached hydrogens (primary N) is 1. The van der Waals surface area contributed by atoms with E-state index in [-0.39, 0.29) is 0 Å². The number of rotatable bonds is 3. The summed E-state index contributed by atoms with van der Waals surface area (Å²) in [5.41, 5.74) is 7.11. The predicted octanol–water partition coefficient (Wildman–Crippen LogP) is 1.73. The average molecular weight is 248 g/mol. The Morgan fingerprint density at radius 1 is 1.41 bits per heavy atom. The first kappa shape index (κ1) is 11.6. The zero-order valence-electron chi connectivity index (χ0n) is 9.56. The lowest BCUT2D eigenvalue weighted by atomic mass is 10.1. The third-order valence-electron chi connectivity index (χ3n) is 2.70. The van der Waals surface area contributed by atoms with E-state index in [1.54, 1.807) is 11.6 Å². The minimum Gasteiger partial charge on any atom is -0.363 e. The SMILES string of the molecule is Cc1cc(-c2cccs2)c(C(=O)C(N)=O)n1C. The molecule has 0 aliphatic carbocycles. The standard InChI is InChI=1S/C12H12N2O2S/c1-7-6-8(9-4-3-5-17-9)10(14(7)2)11(15)12(13)16/h3-6H,1-2H3,(H2,13,16). The van der Waals surface area contributed by atoms with Gasteiger partial charge < -0.3 is 10.3 Å². The Morgan fingerprint density at radius 2 is 2.12 bits per heavy atom. The molecule has 0 saturated heterocycles. The number of aromatic nitrogens is 1. The molecule has 1 amide bonds. The number of hydrogen-bond acceptors (Lipinski definition) is 3. The van der Waals surface area contributed by atoms with E-state index in [1.165, 1.54) is 11.3 Å². The summed E-state index contributed by atoms with van der Waals surface area (Å²) in [6.07, 6.45) is 0. The number of amides is 1. The lowest BCUT2D eigenvalue weighted by Crippen LogP contribution is -2.25. The Bertz CT molecular complexity index is 582. The van der Waals surface area contributed by atoms with E-state index in [4.69, 9.17) is 5.73 Å². The number of aryl methyl sites for hydroxylation is 1. The number of nitrogens with zero attached hydrogens (tertiary/aromatic N) is 1. The largest absolute Gasteiger partial charge is 0.363 e. The van der Waals surface area contributed by atoms with Gasteiger partial charge in [-0.1, -0.05) is 6.07 Å². The van der Waals surface area contributed by atoms with E-state index in [9.17, 15) is 9.59 Å². The first-order valence-electron chi connectivity index (χ1n) is 5.06. The minimum absolute atomic E-state index is 0.359. The van der Waals surface area contributed by atoms with Crippen molar-refractivity contribution in [2.45, 2.75) is 6.92 Å². The van der Waals surface area contributed by atoms with Gasteiger partial charge in [0.1, 0.15) is 5.69 Å². The first-order chi connectivity index (χ1) is 8.02. The summed E-state index contributed by atoms with van der Waals surface area (Å²) in [7, 11) is 1.75. The molecule has 0 spiro atoms. The van der Waals surface area contributed by atoms with E-state index >= 15 is 0 Å². The lowest BCUT2D eigenvalue weighted by molar-refractivity contribution is -0.114. The fourth-order valence-electron chi connectivity index (χ4n) is 1.74. The van der Waals surface area contributed by atoms with Crippen molar-refractivity contribution < 1.29 is 9.59 Å². The van der Waals surface area contributed by atoms with Gasteiger partial charge in [-0.05, 0) is 24.4 Å². The highest BCUT2D eigenvalue weighted by Gasteiger charge is 2.23. The Labute approximate surface area is 103 Å². The summed E-state index contributed by atoms with van der Waals surface area (Å²) in [5.74, 6) is -1.58. The van der Waals surface area contributed by atoms with Gasteiger partial charge in [0.2, 0.25) is 0 Å². The zero-order chi connectivity index (χ0) is 12.6. The summed E-state index contributed by atoms with van der Waals surface area (Å²) in [6.45, 7) is 1.88. The van der Waals surface area contributed by atoms with Gasteiger partial charge in [0.05, 0.1) is 0 Å². The van der Waals surface area contributed by atoms with Gasteiger partial charge in [0, 0.05) is 23.2 Å². The molecule has 0 aliphatic heterocycles. The molecule has 17 heavy (non-hydrogen) atoms. The molecule has 4 nitrogen and oxygen atoms in total. The smallest absolute Gasteiger partial charge is 0.291 e. The van der Waals surface area contributed by atoms with Gasteiger partial charge in [-0.2, -0.15) is 0 Å². The molecule has 0 aliphatic rings. The normalized spacial score (nSPS) is 10.5. The molecule has 0 fully saturated rings. The highest BCUT2D eigenvalue weighted by molar-refractivity contribution is 7.13. The van der Waals surface area contributed by atoms with Crippen molar-refractivity contribution in [3.05, 3.63) is 35.0 Å². The maximum atomic E-state index is 11.8. The number of Topliss-reactive ketones (excluding diaryl/α,β-unsaturated/α-hetero) is 1. The molecule has 0 atom stereocenters. The fraction of sp³-hybridized carbons (Fsp3) is 0.167. The third-order valence-corrected chi connectivity index (χ3v) is 3.60. The summed E-state index contributed by atoms with van der Waals surface area (Å²) in [6, 6.07) is 5.71. The van der Waals surface area contributed by atoms with Crippen LogP contribution in [0.5, 0.6) is 0 Å². The van der Waals surface area contributed by atoms with Crippen LogP contribution in [0.2, 0.25) is 0 Å². The number of hydrogen-bond donors (Lipinski definition) is 1. The number of primary amides is 1. The Kier molecular flexibility index (Phi) is 2.85. The van der Waals surface area contributed by atoms with E-state index in [0.717, 1.165) is 16.1 Å². The highest BCUT2D eigenvalue weighted by atomic mass is 32.1. The van der Waals surface area contributed by atoms with E-state index in [1.807, 2.05) is 30.5 Å². The monoisotopic (exact) mass is 248 g/mol. The van der Waals surface area contributed by atoms with Crippen molar-refractivity contribution in [1.82, 2.24) is 4.57 Å². The topological polar surface area (TPSA) is 65.1 Å². The molecule has 0 aromatic carbocycles. The van der Waals surface area contributed by atoms with Crippen molar-refractivity contribution in [2.24, 2.45) is 12.8 Å². The lowest BCUT2D eigenvalue weighted by Gasteiger charge is -2.03. The second-order valence-electron chi connectivity index (χ2n) is 3.78. The highest BCUT2D eigenvalue weighted by Crippen LogP contribution is 2.30. The van der Waals surface area contributed by atoms with Gasteiger partial charge in [-0.15, -0.1) is 11.3 Å². The van der Waals surface area contributed by atoms with E-state index in [2.05, 4.69) is 0 Å². The Balaban J connectivity index is 2.65. The first-order valence-corrected chi connectivity index (χ1v) is 5.94. The van der Waals surface area contributed by atoms with Crippen LogP contribution in [0.3, 0.4) is 0 Å². The van der Waals surface area contributed by atoms with E-state index < -0.39 is 11.7 Å². The molecular weight excluding hydrogens is 236 g/mol. The van der Waals surface area contributed by atoms with Crippen molar-refractivity contribution in [3.63, 3.8) is 0 Å². The molecule has 5 heteroatoms. The number of ketones is 1. The molecule has 88 valence electrons. The zero-order valence-corrected chi connectivity index (χ0v) is 10.4. The van der Waals surface area contributed by atoms with Crippen LogP contribution >= 0.6 is 11.3 Å². The predicted molar refractivity (Wildman–Crippen MR) is 67.0 cm³/mol. The van der Waals surface area contributed by atoms with Crippen LogP contribution in [0.1, 0.15) is 16.2 Å². The fourth-order valence-corrected chi connectivity index (χ4v) is 2.49. The Hall–Kier alpha value is -1.88. The third kappa shape index (κ3) is 1.89. The van der Waals surface area contributed by atoms with Crippen LogP contribution in [0.25, 0.3) is 10.4 Å². The van der Waals surface area contributed by atoms with Crippen LogP contribution < -0.4 is 5.73 Å². The second kappa shape index (κ2) is 4.18. The minimum atomic E-state index is -0.927. The molecule has 0 saturated carbocycles. The summed E-state index contributed by atoms with van der Waals surface area (Å²) < 4.78 is 1.70. The average Bonchev–Trinajstić information content (AvgIpc) is 2.87. The summed E-state index contributed by atoms with van der Waals surface area (Å²) in [4.78, 5) is 23.8. The molecule has 0 radical (unpaired) electrons. The van der Waals surface area contributed by atoms with Crippen molar-refractivity contribution in [1.29, 1.82) is 0 Å². The summed E-state index contributed by atoms with van der Waals surface area (Å²) in [5, 5.41) is 1.93. The van der Waals surface area contributed by atoms with Crippen LogP contribution in [-0.2, 0) is 11.8 Å². The number of carbonyl (C=O) groups is 2. The van der Waals surface area contributed by atoms with Gasteiger partial charge in [0.25, 0.3) is 11.7 Å². The van der Waals surface area contributed by atoms with Crippen LogP contribution in [0.15, 0.2) is 23.6 Å². The molecule has 2 rings (SSSR count). The Morgan fingerprint density at radius 3 is 2.65 bits per heavy atom.